The van der Waals surface area contributed by atoms with Crippen LogP contribution in [-0.2, 0) is 4.79 Å². The molecule has 3 aromatic rings. The normalized spacial score (nSPS) is 18.9. The van der Waals surface area contributed by atoms with E-state index in [1.165, 1.54) is 12.1 Å². The molecule has 2 amide bonds. The third-order valence-corrected chi connectivity index (χ3v) is 7.53. The monoisotopic (exact) mass is 559 g/mol. The second-order valence-corrected chi connectivity index (χ2v) is 10.3. The number of rotatable bonds is 10. The van der Waals surface area contributed by atoms with E-state index in [4.69, 9.17) is 5.26 Å². The van der Waals surface area contributed by atoms with Crippen LogP contribution in [0.3, 0.4) is 0 Å². The number of hydrogen-bond acceptors (Lipinski definition) is 7. The van der Waals surface area contributed by atoms with Crippen molar-refractivity contribution in [2.75, 3.05) is 37.6 Å². The lowest BCUT2D eigenvalue weighted by Crippen LogP contribution is -2.55. The molecule has 0 radical (unpaired) electrons. The lowest BCUT2D eigenvalue weighted by atomic mass is 10.1. The summed E-state index contributed by atoms with van der Waals surface area (Å²) in [6, 6.07) is 14.5. The van der Waals surface area contributed by atoms with E-state index in [-0.39, 0.29) is 17.6 Å². The van der Waals surface area contributed by atoms with Gasteiger partial charge in [-0.3, -0.25) is 9.59 Å². The van der Waals surface area contributed by atoms with Crippen LogP contribution in [0.25, 0.3) is 0 Å². The van der Waals surface area contributed by atoms with Gasteiger partial charge in [-0.2, -0.15) is 5.26 Å². The maximum atomic E-state index is 13.6. The van der Waals surface area contributed by atoms with Crippen molar-refractivity contribution in [2.45, 2.75) is 37.3 Å². The zero-order valence-electron chi connectivity index (χ0n) is 22.5. The van der Waals surface area contributed by atoms with Crippen molar-refractivity contribution in [3.05, 3.63) is 89.2 Å². The van der Waals surface area contributed by atoms with Crippen molar-refractivity contribution in [3.8, 4) is 6.07 Å². The fourth-order valence-electron chi connectivity index (χ4n) is 5.10. The fraction of sp³-hybridized carbons (Fsp3) is 0.367. The summed E-state index contributed by atoms with van der Waals surface area (Å²) in [5.41, 5.74) is 1.93. The molecule has 2 heterocycles. The van der Waals surface area contributed by atoms with Gasteiger partial charge in [-0.25, -0.2) is 18.7 Å². The minimum atomic E-state index is -0.722. The van der Waals surface area contributed by atoms with Crippen LogP contribution in [-0.4, -0.2) is 71.5 Å². The highest BCUT2D eigenvalue weighted by atomic mass is 19.1. The van der Waals surface area contributed by atoms with Gasteiger partial charge in [-0.15, -0.1) is 0 Å². The van der Waals surface area contributed by atoms with E-state index >= 15 is 0 Å². The molecule has 11 heteroatoms. The predicted octanol–water partition coefficient (Wildman–Crippen LogP) is 3.00. The molecular formula is C30H31F2N7O2. The third kappa shape index (κ3) is 7.21. The Balaban J connectivity index is 1.17. The molecule has 0 spiro atoms. The molecule has 212 valence electrons. The van der Waals surface area contributed by atoms with E-state index in [2.05, 4.69) is 20.6 Å². The number of halogens is 2. The minimum absolute atomic E-state index is 0.165. The molecule has 1 saturated carbocycles. The number of nitriles is 1. The minimum Gasteiger partial charge on any atom is -0.340 e. The molecule has 5 rings (SSSR count). The first-order valence-corrected chi connectivity index (χ1v) is 13.7. The number of anilines is 1. The molecule has 2 N–H and O–H groups in total. The maximum absolute atomic E-state index is 13.6. The number of carbonyl (C=O) groups excluding carboxylic acids is 2. The van der Waals surface area contributed by atoms with E-state index in [1.807, 2.05) is 23.1 Å². The standard InChI is InChI=1S/C30H31F2N7O2/c31-23-9-7-21(8-10-23)25-16-27(25)34-11-1-2-26(37-28(40)22-5-3-20(17-33)4-6-22)29(41)38-12-14-39(15-13-38)30-35-18-24(32)19-36-30/h3-10,18-19,25-27,34H,1-2,11-16H2,(H,37,40)/t25-,26-,27+/m0/s1. The molecule has 2 fully saturated rings. The van der Waals surface area contributed by atoms with Crippen molar-refractivity contribution in [1.82, 2.24) is 25.5 Å². The predicted molar refractivity (Wildman–Crippen MR) is 148 cm³/mol. The zero-order chi connectivity index (χ0) is 28.8. The summed E-state index contributed by atoms with van der Waals surface area (Å²) >= 11 is 0. The van der Waals surface area contributed by atoms with Crippen LogP contribution < -0.4 is 15.5 Å². The first-order chi connectivity index (χ1) is 19.9. The van der Waals surface area contributed by atoms with Gasteiger partial charge in [0.1, 0.15) is 11.9 Å². The molecule has 1 aliphatic heterocycles. The second-order valence-electron chi connectivity index (χ2n) is 10.3. The van der Waals surface area contributed by atoms with Crippen molar-refractivity contribution >= 4 is 17.8 Å². The van der Waals surface area contributed by atoms with E-state index in [0.29, 0.717) is 74.6 Å². The van der Waals surface area contributed by atoms with E-state index < -0.39 is 11.9 Å². The summed E-state index contributed by atoms with van der Waals surface area (Å²) in [4.78, 5) is 38.3. The Morgan fingerprint density at radius 1 is 0.976 bits per heavy atom. The van der Waals surface area contributed by atoms with Crippen molar-refractivity contribution in [1.29, 1.82) is 5.26 Å². The van der Waals surface area contributed by atoms with Crippen molar-refractivity contribution in [2.24, 2.45) is 0 Å². The van der Waals surface area contributed by atoms with Gasteiger partial charge in [0, 0.05) is 43.7 Å². The lowest BCUT2D eigenvalue weighted by Gasteiger charge is -2.36. The van der Waals surface area contributed by atoms with Gasteiger partial charge in [-0.05, 0) is 67.8 Å². The van der Waals surface area contributed by atoms with E-state index in [1.54, 1.807) is 29.2 Å². The number of benzene rings is 2. The molecule has 2 aliphatic rings. The van der Waals surface area contributed by atoms with E-state index in [9.17, 15) is 18.4 Å². The summed E-state index contributed by atoms with van der Waals surface area (Å²) in [6.07, 6.45) is 4.33. The Kier molecular flexibility index (Phi) is 8.79. The maximum Gasteiger partial charge on any atom is 0.251 e. The van der Waals surface area contributed by atoms with E-state index in [0.717, 1.165) is 24.4 Å². The highest BCUT2D eigenvalue weighted by Gasteiger charge is 2.37. The van der Waals surface area contributed by atoms with Crippen LogP contribution in [0.1, 0.15) is 46.7 Å². The topological polar surface area (TPSA) is 114 Å². The lowest BCUT2D eigenvalue weighted by molar-refractivity contribution is -0.133. The Hall–Kier alpha value is -4.43. The third-order valence-electron chi connectivity index (χ3n) is 7.53. The van der Waals surface area contributed by atoms with Crippen LogP contribution in [0.2, 0.25) is 0 Å². The summed E-state index contributed by atoms with van der Waals surface area (Å²) in [5.74, 6) is -0.534. The molecule has 0 unspecified atom stereocenters. The van der Waals surface area contributed by atoms with Crippen LogP contribution in [0.15, 0.2) is 60.9 Å². The highest BCUT2D eigenvalue weighted by Crippen LogP contribution is 2.40. The smallest absolute Gasteiger partial charge is 0.251 e. The van der Waals surface area contributed by atoms with Crippen LogP contribution in [0.5, 0.6) is 0 Å². The van der Waals surface area contributed by atoms with Crippen molar-refractivity contribution < 1.29 is 18.4 Å². The van der Waals surface area contributed by atoms with Gasteiger partial charge in [0.15, 0.2) is 5.82 Å². The number of aromatic nitrogens is 2. The highest BCUT2D eigenvalue weighted by molar-refractivity contribution is 5.97. The number of nitrogens with zero attached hydrogens (tertiary/aromatic N) is 5. The first kappa shape index (κ1) is 28.1. The second kappa shape index (κ2) is 12.8. The van der Waals surface area contributed by atoms with Gasteiger partial charge in [0.2, 0.25) is 11.9 Å². The molecule has 1 saturated heterocycles. The van der Waals surface area contributed by atoms with Gasteiger partial charge < -0.3 is 20.4 Å². The fourth-order valence-corrected chi connectivity index (χ4v) is 5.10. The summed E-state index contributed by atoms with van der Waals surface area (Å²) in [5, 5.41) is 15.5. The summed E-state index contributed by atoms with van der Waals surface area (Å²) in [7, 11) is 0. The Bertz CT molecular complexity index is 1390. The van der Waals surface area contributed by atoms with Gasteiger partial charge in [-0.1, -0.05) is 12.1 Å². The average Bonchev–Trinajstić information content (AvgIpc) is 3.78. The number of hydrogen-bond donors (Lipinski definition) is 2. The molecule has 9 nitrogen and oxygen atoms in total. The summed E-state index contributed by atoms with van der Waals surface area (Å²) < 4.78 is 26.4. The number of piperazine rings is 1. The van der Waals surface area contributed by atoms with Gasteiger partial charge in [0.25, 0.3) is 5.91 Å². The number of amides is 2. The van der Waals surface area contributed by atoms with Crippen LogP contribution in [0.4, 0.5) is 14.7 Å². The SMILES string of the molecule is N#Cc1ccc(C(=O)N[C@@H](CCCN[C@@H]2C[C@H]2c2ccc(F)cc2)C(=O)N2CCN(c3ncc(F)cn3)CC2)cc1. The summed E-state index contributed by atoms with van der Waals surface area (Å²) in [6.45, 7) is 2.49. The van der Waals surface area contributed by atoms with Crippen molar-refractivity contribution in [3.63, 3.8) is 0 Å². The molecule has 3 atom stereocenters. The Morgan fingerprint density at radius 2 is 1.66 bits per heavy atom. The van der Waals surface area contributed by atoms with Crippen LogP contribution >= 0.6 is 0 Å². The molecule has 0 bridgehead atoms. The Morgan fingerprint density at radius 3 is 2.32 bits per heavy atom. The quantitative estimate of drug-likeness (QED) is 0.367. The largest absolute Gasteiger partial charge is 0.340 e. The molecular weight excluding hydrogens is 528 g/mol. The molecule has 41 heavy (non-hydrogen) atoms. The van der Waals surface area contributed by atoms with Crippen LogP contribution in [0, 0.1) is 23.0 Å². The Labute approximate surface area is 237 Å². The van der Waals surface area contributed by atoms with Gasteiger partial charge >= 0.3 is 0 Å². The molecule has 1 aromatic heterocycles. The number of nitrogens with one attached hydrogen (secondary N) is 2. The molecule has 2 aromatic carbocycles. The number of carbonyl (C=O) groups is 2. The van der Waals surface area contributed by atoms with Gasteiger partial charge in [0.05, 0.1) is 24.0 Å². The average molecular weight is 560 g/mol. The zero-order valence-corrected chi connectivity index (χ0v) is 22.5. The molecule has 1 aliphatic carbocycles. The first-order valence-electron chi connectivity index (χ1n) is 13.7.